The van der Waals surface area contributed by atoms with E-state index in [0.29, 0.717) is 10.4 Å². The predicted octanol–water partition coefficient (Wildman–Crippen LogP) is 1.93. The van der Waals surface area contributed by atoms with Crippen molar-refractivity contribution in [2.45, 2.75) is 31.0 Å². The number of carbonyl (C=O) groups excluding carboxylic acids is 1. The second-order valence-corrected chi connectivity index (χ2v) is 10.3. The Balaban J connectivity index is 1.72. The van der Waals surface area contributed by atoms with E-state index in [1.54, 1.807) is 23.9 Å². The van der Waals surface area contributed by atoms with Crippen LogP contribution in [0.2, 0.25) is 0 Å². The summed E-state index contributed by atoms with van der Waals surface area (Å²) in [6.45, 7) is 4.33. The van der Waals surface area contributed by atoms with Gasteiger partial charge in [0.25, 0.3) is 15.9 Å². The van der Waals surface area contributed by atoms with Crippen molar-refractivity contribution < 1.29 is 17.9 Å². The number of sulfonamides is 1. The van der Waals surface area contributed by atoms with Gasteiger partial charge in [-0.2, -0.15) is 4.31 Å². The number of thiophene rings is 1. The average molecular weight is 450 g/mol. The Morgan fingerprint density at radius 3 is 2.87 bits per heavy atom. The lowest BCUT2D eigenvalue weighted by Gasteiger charge is -2.32. The van der Waals surface area contributed by atoms with Gasteiger partial charge in [0.15, 0.2) is 5.03 Å². The fourth-order valence-corrected chi connectivity index (χ4v) is 5.93. The van der Waals surface area contributed by atoms with Crippen LogP contribution in [0.1, 0.15) is 35.2 Å². The number of carbonyl (C=O) groups is 1. The molecule has 1 aliphatic rings. The number of hydrogen-bond acceptors (Lipinski definition) is 7. The van der Waals surface area contributed by atoms with E-state index in [9.17, 15) is 13.2 Å². The summed E-state index contributed by atoms with van der Waals surface area (Å²) in [5, 5.41) is 3.72. The number of morpholine rings is 1. The number of pyridine rings is 1. The molecular formula is C19H23N5O4S2. The highest BCUT2D eigenvalue weighted by molar-refractivity contribution is 7.89. The van der Waals surface area contributed by atoms with Crippen LogP contribution in [0.5, 0.6) is 0 Å². The van der Waals surface area contributed by atoms with E-state index >= 15 is 0 Å². The van der Waals surface area contributed by atoms with Crippen LogP contribution in [0.3, 0.4) is 0 Å². The van der Waals surface area contributed by atoms with Gasteiger partial charge in [-0.25, -0.2) is 18.4 Å². The Bertz CT molecular complexity index is 1180. The number of hydrogen-bond donors (Lipinski definition) is 1. The molecular weight excluding hydrogens is 426 g/mol. The largest absolute Gasteiger partial charge is 0.371 e. The number of fused-ring (bicyclic) bond motifs is 1. The highest BCUT2D eigenvalue weighted by Gasteiger charge is 2.36. The number of imidazole rings is 1. The summed E-state index contributed by atoms with van der Waals surface area (Å²) < 4.78 is 35.0. The highest BCUT2D eigenvalue weighted by atomic mass is 32.2. The SMILES string of the molecule is CC(C)NC(=O)c1sc2ncccc2c1[C@H]1CN(S(=O)(=O)c2cn(C)cn2)CCO1. The maximum absolute atomic E-state index is 13.0. The summed E-state index contributed by atoms with van der Waals surface area (Å²) >= 11 is 1.29. The van der Waals surface area contributed by atoms with Gasteiger partial charge in [0, 0.05) is 49.5 Å². The summed E-state index contributed by atoms with van der Waals surface area (Å²) in [5.41, 5.74) is 0.683. The number of ether oxygens (including phenoxy) is 1. The molecule has 0 spiro atoms. The molecule has 0 bridgehead atoms. The first-order chi connectivity index (χ1) is 14.3. The monoisotopic (exact) mass is 449 g/mol. The van der Waals surface area contributed by atoms with Crippen LogP contribution in [-0.2, 0) is 21.8 Å². The van der Waals surface area contributed by atoms with Crippen molar-refractivity contribution >= 4 is 37.5 Å². The lowest BCUT2D eigenvalue weighted by Crippen LogP contribution is -2.42. The summed E-state index contributed by atoms with van der Waals surface area (Å²) in [6, 6.07) is 3.65. The zero-order valence-corrected chi connectivity index (χ0v) is 18.5. The fraction of sp³-hybridized carbons (Fsp3) is 0.421. The smallest absolute Gasteiger partial charge is 0.262 e. The molecule has 0 saturated carbocycles. The minimum absolute atomic E-state index is 0.000248. The van der Waals surface area contributed by atoms with Crippen molar-refractivity contribution in [2.75, 3.05) is 19.7 Å². The van der Waals surface area contributed by atoms with Crippen LogP contribution in [-0.4, -0.2) is 58.9 Å². The van der Waals surface area contributed by atoms with Gasteiger partial charge in [-0.05, 0) is 19.9 Å². The Labute approximate surface area is 178 Å². The normalized spacial score (nSPS) is 18.2. The van der Waals surface area contributed by atoms with E-state index in [4.69, 9.17) is 4.74 Å². The molecule has 9 nitrogen and oxygen atoms in total. The molecule has 0 aliphatic carbocycles. The maximum Gasteiger partial charge on any atom is 0.262 e. The minimum Gasteiger partial charge on any atom is -0.371 e. The van der Waals surface area contributed by atoms with Crippen molar-refractivity contribution in [1.82, 2.24) is 24.2 Å². The Morgan fingerprint density at radius 2 is 2.17 bits per heavy atom. The van der Waals surface area contributed by atoms with Gasteiger partial charge >= 0.3 is 0 Å². The van der Waals surface area contributed by atoms with Crippen LogP contribution in [0.4, 0.5) is 0 Å². The first kappa shape index (κ1) is 20.9. The molecule has 4 heterocycles. The second-order valence-electron chi connectivity index (χ2n) is 7.43. The van der Waals surface area contributed by atoms with Crippen molar-refractivity contribution in [3.63, 3.8) is 0 Å². The molecule has 160 valence electrons. The number of amides is 1. The number of nitrogens with one attached hydrogen (secondary N) is 1. The molecule has 3 aromatic heterocycles. The molecule has 1 amide bonds. The lowest BCUT2D eigenvalue weighted by molar-refractivity contribution is -0.00199. The van der Waals surface area contributed by atoms with Crippen LogP contribution in [0.15, 0.2) is 35.9 Å². The third-order valence-electron chi connectivity index (χ3n) is 4.77. The highest BCUT2D eigenvalue weighted by Crippen LogP contribution is 2.38. The van der Waals surface area contributed by atoms with Gasteiger partial charge in [-0.1, -0.05) is 6.07 Å². The zero-order chi connectivity index (χ0) is 21.5. The van der Waals surface area contributed by atoms with E-state index < -0.39 is 16.1 Å². The summed E-state index contributed by atoms with van der Waals surface area (Å²) in [5.74, 6) is -0.212. The van der Waals surface area contributed by atoms with Gasteiger partial charge in [0.05, 0.1) is 19.0 Å². The maximum atomic E-state index is 13.0. The quantitative estimate of drug-likeness (QED) is 0.638. The Kier molecular flexibility index (Phi) is 5.62. The van der Waals surface area contributed by atoms with Gasteiger partial charge in [-0.15, -0.1) is 11.3 Å². The number of aromatic nitrogens is 3. The molecule has 1 aliphatic heterocycles. The Hall–Kier alpha value is -2.34. The minimum atomic E-state index is -3.76. The van der Waals surface area contributed by atoms with Gasteiger partial charge < -0.3 is 14.6 Å². The van der Waals surface area contributed by atoms with E-state index in [1.165, 1.54) is 28.2 Å². The fourth-order valence-electron chi connectivity index (χ4n) is 3.44. The van der Waals surface area contributed by atoms with Gasteiger partial charge in [0.2, 0.25) is 0 Å². The molecule has 0 radical (unpaired) electrons. The zero-order valence-electron chi connectivity index (χ0n) is 16.9. The molecule has 1 N–H and O–H groups in total. The molecule has 1 fully saturated rings. The Morgan fingerprint density at radius 1 is 1.37 bits per heavy atom. The topological polar surface area (TPSA) is 106 Å². The first-order valence-corrected chi connectivity index (χ1v) is 11.8. The molecule has 1 atom stereocenters. The number of aryl methyl sites for hydroxylation is 1. The predicted molar refractivity (Wildman–Crippen MR) is 113 cm³/mol. The third-order valence-corrected chi connectivity index (χ3v) is 7.65. The molecule has 0 aromatic carbocycles. The van der Waals surface area contributed by atoms with Crippen molar-refractivity contribution in [3.05, 3.63) is 41.3 Å². The van der Waals surface area contributed by atoms with Crippen LogP contribution in [0.25, 0.3) is 10.2 Å². The third kappa shape index (κ3) is 3.85. The summed E-state index contributed by atoms with van der Waals surface area (Å²) in [7, 11) is -2.04. The molecule has 11 heteroatoms. The van der Waals surface area contributed by atoms with Gasteiger partial charge in [0.1, 0.15) is 9.71 Å². The summed E-state index contributed by atoms with van der Waals surface area (Å²) in [4.78, 5) is 22.5. The van der Waals surface area contributed by atoms with E-state index in [0.717, 1.165) is 10.2 Å². The van der Waals surface area contributed by atoms with Crippen molar-refractivity contribution in [2.24, 2.45) is 7.05 Å². The molecule has 0 unspecified atom stereocenters. The molecule has 4 rings (SSSR count). The lowest BCUT2D eigenvalue weighted by atomic mass is 10.0. The van der Waals surface area contributed by atoms with Crippen LogP contribution >= 0.6 is 11.3 Å². The standard InChI is InChI=1S/C19H23N5O4S2/c1-12(2)22-18(25)17-16(13-5-4-6-20-19(13)29-17)14-9-24(7-8-28-14)30(26,27)15-10-23(3)11-21-15/h4-6,10-12,14H,7-9H2,1-3H3,(H,22,25)/t14-/m1/s1. The molecule has 30 heavy (non-hydrogen) atoms. The van der Waals surface area contributed by atoms with Crippen molar-refractivity contribution in [1.29, 1.82) is 0 Å². The summed E-state index contributed by atoms with van der Waals surface area (Å²) in [6.07, 6.45) is 4.03. The van der Waals surface area contributed by atoms with E-state index in [2.05, 4.69) is 15.3 Å². The van der Waals surface area contributed by atoms with Gasteiger partial charge in [-0.3, -0.25) is 4.79 Å². The van der Waals surface area contributed by atoms with Crippen molar-refractivity contribution in [3.8, 4) is 0 Å². The average Bonchev–Trinajstić information content (AvgIpc) is 3.32. The number of rotatable bonds is 5. The van der Waals surface area contributed by atoms with Crippen LogP contribution in [0, 0.1) is 0 Å². The number of nitrogens with zero attached hydrogens (tertiary/aromatic N) is 4. The second kappa shape index (κ2) is 8.06. The van der Waals surface area contributed by atoms with E-state index in [1.807, 2.05) is 19.9 Å². The molecule has 3 aromatic rings. The first-order valence-electron chi connectivity index (χ1n) is 9.55. The molecule has 1 saturated heterocycles. The van der Waals surface area contributed by atoms with E-state index in [-0.39, 0.29) is 36.7 Å². The van der Waals surface area contributed by atoms with Crippen LogP contribution < -0.4 is 5.32 Å².